The van der Waals surface area contributed by atoms with E-state index in [2.05, 4.69) is 0 Å². The molecule has 164 valence electrons. The van der Waals surface area contributed by atoms with Crippen LogP contribution in [0.5, 0.6) is 11.5 Å². The molecule has 1 aliphatic heterocycles. The zero-order chi connectivity index (χ0) is 22.4. The Morgan fingerprint density at radius 1 is 1.03 bits per heavy atom. The topological polar surface area (TPSA) is 85.3 Å². The van der Waals surface area contributed by atoms with Gasteiger partial charge in [-0.15, -0.1) is 0 Å². The Kier molecular flexibility index (Phi) is 7.31. The summed E-state index contributed by atoms with van der Waals surface area (Å²) in [5.74, 6) is -0.405. The van der Waals surface area contributed by atoms with Gasteiger partial charge in [-0.1, -0.05) is 31.2 Å². The molecule has 7 heteroatoms. The Morgan fingerprint density at radius 2 is 1.77 bits per heavy atom. The molecule has 1 heterocycles. The normalized spacial score (nSPS) is 17.8. The highest BCUT2D eigenvalue weighted by atomic mass is 16.5. The molecule has 1 aliphatic rings. The van der Waals surface area contributed by atoms with Crippen molar-refractivity contribution in [2.24, 2.45) is 0 Å². The fourth-order valence-corrected chi connectivity index (χ4v) is 3.54. The third-order valence-electron chi connectivity index (χ3n) is 5.09. The third kappa shape index (κ3) is 4.72. The average molecular weight is 425 g/mol. The van der Waals surface area contributed by atoms with E-state index in [-0.39, 0.29) is 24.5 Å². The maximum absolute atomic E-state index is 12.9. The number of ketones is 1. The quantitative estimate of drug-likeness (QED) is 0.376. The molecular formula is C24H27NO6. The number of rotatable bonds is 9. The van der Waals surface area contributed by atoms with E-state index in [0.29, 0.717) is 29.2 Å². The fourth-order valence-electron chi connectivity index (χ4n) is 3.54. The number of benzene rings is 2. The molecule has 1 atom stereocenters. The van der Waals surface area contributed by atoms with Gasteiger partial charge in [0.05, 0.1) is 31.9 Å². The van der Waals surface area contributed by atoms with E-state index in [0.717, 1.165) is 6.42 Å². The molecule has 31 heavy (non-hydrogen) atoms. The highest BCUT2D eigenvalue weighted by Crippen LogP contribution is 2.40. The summed E-state index contributed by atoms with van der Waals surface area (Å²) in [4.78, 5) is 27.2. The molecule has 0 saturated carbocycles. The van der Waals surface area contributed by atoms with Crippen LogP contribution in [0.15, 0.2) is 54.1 Å². The van der Waals surface area contributed by atoms with Crippen LogP contribution in [-0.4, -0.2) is 55.7 Å². The highest BCUT2D eigenvalue weighted by molar-refractivity contribution is 6.46. The summed E-state index contributed by atoms with van der Waals surface area (Å²) in [6, 6.07) is 13.2. The molecular weight excluding hydrogens is 398 g/mol. The van der Waals surface area contributed by atoms with Gasteiger partial charge in [-0.2, -0.15) is 0 Å². The molecule has 0 bridgehead atoms. The van der Waals surface area contributed by atoms with Crippen molar-refractivity contribution >= 4 is 17.4 Å². The molecule has 0 aromatic heterocycles. The van der Waals surface area contributed by atoms with E-state index in [4.69, 9.17) is 14.2 Å². The lowest BCUT2D eigenvalue weighted by atomic mass is 9.95. The van der Waals surface area contributed by atoms with Gasteiger partial charge in [-0.3, -0.25) is 9.59 Å². The third-order valence-corrected chi connectivity index (χ3v) is 5.09. The van der Waals surface area contributed by atoms with E-state index in [9.17, 15) is 14.7 Å². The minimum absolute atomic E-state index is 0.0385. The second kappa shape index (κ2) is 10.1. The summed E-state index contributed by atoms with van der Waals surface area (Å²) in [5.41, 5.74) is 1.14. The maximum Gasteiger partial charge on any atom is 0.295 e. The van der Waals surface area contributed by atoms with E-state index in [1.165, 1.54) is 19.1 Å². The van der Waals surface area contributed by atoms with Crippen molar-refractivity contribution in [1.82, 2.24) is 4.90 Å². The van der Waals surface area contributed by atoms with Gasteiger partial charge in [0.2, 0.25) is 0 Å². The summed E-state index contributed by atoms with van der Waals surface area (Å²) >= 11 is 0. The van der Waals surface area contributed by atoms with Crippen LogP contribution in [0.1, 0.15) is 30.5 Å². The molecule has 0 aliphatic carbocycles. The lowest BCUT2D eigenvalue weighted by Gasteiger charge is -2.25. The number of carbonyl (C=O) groups excluding carboxylic acids is 2. The molecule has 0 spiro atoms. The summed E-state index contributed by atoms with van der Waals surface area (Å²) in [6.07, 6.45) is 0.888. The van der Waals surface area contributed by atoms with Gasteiger partial charge in [-0.05, 0) is 36.2 Å². The highest BCUT2D eigenvalue weighted by Gasteiger charge is 2.45. The van der Waals surface area contributed by atoms with Crippen molar-refractivity contribution in [2.75, 3.05) is 34.0 Å². The van der Waals surface area contributed by atoms with E-state index < -0.39 is 17.7 Å². The molecule has 1 amide bonds. The van der Waals surface area contributed by atoms with Gasteiger partial charge in [0.15, 0.2) is 0 Å². The van der Waals surface area contributed by atoms with Gasteiger partial charge in [0.25, 0.3) is 11.7 Å². The van der Waals surface area contributed by atoms with Crippen molar-refractivity contribution in [2.45, 2.75) is 19.4 Å². The molecule has 1 saturated heterocycles. The molecule has 3 rings (SSSR count). The van der Waals surface area contributed by atoms with Crippen LogP contribution >= 0.6 is 0 Å². The van der Waals surface area contributed by atoms with Crippen LogP contribution < -0.4 is 9.47 Å². The number of hydrogen-bond acceptors (Lipinski definition) is 6. The Hall–Kier alpha value is -3.32. The summed E-state index contributed by atoms with van der Waals surface area (Å²) in [6.45, 7) is 3.10. The number of Topliss-reactive ketones (excluding diaryl/α,β-unsaturated/α-hetero) is 1. The first-order valence-electron chi connectivity index (χ1n) is 10.2. The first-order chi connectivity index (χ1) is 15.0. The minimum Gasteiger partial charge on any atom is -0.507 e. The molecule has 7 nitrogen and oxygen atoms in total. The van der Waals surface area contributed by atoms with E-state index in [1.807, 2.05) is 6.92 Å². The van der Waals surface area contributed by atoms with Crippen molar-refractivity contribution < 1.29 is 28.9 Å². The lowest BCUT2D eigenvalue weighted by Crippen LogP contribution is -2.32. The van der Waals surface area contributed by atoms with E-state index in [1.54, 1.807) is 48.5 Å². The number of amides is 1. The number of nitrogens with zero attached hydrogens (tertiary/aromatic N) is 1. The number of hydrogen-bond donors (Lipinski definition) is 1. The van der Waals surface area contributed by atoms with Gasteiger partial charge in [0, 0.05) is 19.2 Å². The molecule has 1 N–H and O–H groups in total. The molecule has 0 radical (unpaired) electrons. The summed E-state index contributed by atoms with van der Waals surface area (Å²) in [5, 5.41) is 11.0. The molecule has 2 aromatic rings. The second-order valence-electron chi connectivity index (χ2n) is 7.13. The summed E-state index contributed by atoms with van der Waals surface area (Å²) in [7, 11) is 3.05. The van der Waals surface area contributed by atoms with Crippen molar-refractivity contribution in [3.05, 3.63) is 65.2 Å². The van der Waals surface area contributed by atoms with Crippen LogP contribution in [0.3, 0.4) is 0 Å². The Labute approximate surface area is 181 Å². The Balaban J connectivity index is 2.08. The molecule has 1 fully saturated rings. The molecule has 1 unspecified atom stereocenters. The predicted octanol–water partition coefficient (Wildman–Crippen LogP) is 3.55. The maximum atomic E-state index is 12.9. The van der Waals surface area contributed by atoms with Gasteiger partial charge in [0.1, 0.15) is 17.3 Å². The smallest absolute Gasteiger partial charge is 0.295 e. The van der Waals surface area contributed by atoms with Crippen LogP contribution in [0, 0.1) is 0 Å². The fraction of sp³-hybridized carbons (Fsp3) is 0.333. The Bertz CT molecular complexity index is 966. The number of likely N-dealkylation sites (tertiary alicyclic amines) is 1. The van der Waals surface area contributed by atoms with E-state index >= 15 is 0 Å². The standard InChI is InChI=1S/C24H27NO6/c1-4-13-31-18-10-8-16(9-11-18)21-20(23(27)24(28)25(21)12-14-29-2)22(26)17-6-5-7-19(15-17)30-3/h5-11,15,21,26H,4,12-14H2,1-3H3. The zero-order valence-electron chi connectivity index (χ0n) is 18.0. The van der Waals surface area contributed by atoms with Gasteiger partial charge in [-0.25, -0.2) is 0 Å². The average Bonchev–Trinajstić information content (AvgIpc) is 3.06. The van der Waals surface area contributed by atoms with Crippen LogP contribution in [0.4, 0.5) is 0 Å². The SMILES string of the molecule is CCCOc1ccc(C2C(=C(O)c3cccc(OC)c3)C(=O)C(=O)N2CCOC)cc1. The van der Waals surface area contributed by atoms with Gasteiger partial charge >= 0.3 is 0 Å². The number of ether oxygens (including phenoxy) is 3. The lowest BCUT2D eigenvalue weighted by molar-refractivity contribution is -0.140. The Morgan fingerprint density at radius 3 is 2.42 bits per heavy atom. The number of carbonyl (C=O) groups is 2. The van der Waals surface area contributed by atoms with Gasteiger partial charge < -0.3 is 24.2 Å². The van der Waals surface area contributed by atoms with Crippen molar-refractivity contribution in [3.8, 4) is 11.5 Å². The summed E-state index contributed by atoms with van der Waals surface area (Å²) < 4.78 is 16.0. The van der Waals surface area contributed by atoms with Crippen LogP contribution in [-0.2, 0) is 14.3 Å². The van der Waals surface area contributed by atoms with Crippen LogP contribution in [0.25, 0.3) is 5.76 Å². The monoisotopic (exact) mass is 425 g/mol. The van der Waals surface area contributed by atoms with Crippen molar-refractivity contribution in [3.63, 3.8) is 0 Å². The first-order valence-corrected chi connectivity index (χ1v) is 10.2. The number of aliphatic hydroxyl groups excluding tert-OH is 1. The number of methoxy groups -OCH3 is 2. The minimum atomic E-state index is -0.735. The van der Waals surface area contributed by atoms with Crippen LogP contribution in [0.2, 0.25) is 0 Å². The second-order valence-corrected chi connectivity index (χ2v) is 7.13. The zero-order valence-corrected chi connectivity index (χ0v) is 18.0. The molecule has 2 aromatic carbocycles. The van der Waals surface area contributed by atoms with Crippen molar-refractivity contribution in [1.29, 1.82) is 0 Å². The number of aliphatic hydroxyl groups is 1. The predicted molar refractivity (Wildman–Crippen MR) is 116 cm³/mol. The largest absolute Gasteiger partial charge is 0.507 e. The first kappa shape index (κ1) is 22.4.